The number of anilines is 1. The lowest BCUT2D eigenvalue weighted by molar-refractivity contribution is -0.134. The second-order valence-electron chi connectivity index (χ2n) is 7.95. The number of hydrogen-bond donors (Lipinski definition) is 3. The van der Waals surface area contributed by atoms with Crippen molar-refractivity contribution in [1.29, 1.82) is 0 Å². The lowest BCUT2D eigenvalue weighted by Crippen LogP contribution is -2.48. The Morgan fingerprint density at radius 1 is 1.21 bits per heavy atom. The molecule has 1 aliphatic carbocycles. The van der Waals surface area contributed by atoms with Crippen LogP contribution in [-0.2, 0) is 16.6 Å². The average molecular weight is 426 g/mol. The highest BCUT2D eigenvalue weighted by molar-refractivity contribution is 6.10. The number of carbonyl (C=O) groups excluding carboxylic acids is 3. The topological polar surface area (TPSA) is 121 Å². The second kappa shape index (κ2) is 8.66. The summed E-state index contributed by atoms with van der Waals surface area (Å²) in [5.74, 6) is 0.577. The lowest BCUT2D eigenvalue weighted by atomic mass is 9.82. The fourth-order valence-electron chi connectivity index (χ4n) is 4.39. The summed E-state index contributed by atoms with van der Waals surface area (Å²) in [7, 11) is 1.72. The molecule has 1 aromatic heterocycles. The van der Waals surface area contributed by atoms with Crippen molar-refractivity contribution < 1.29 is 14.4 Å². The van der Waals surface area contributed by atoms with E-state index in [-0.39, 0.29) is 30.8 Å². The molecule has 1 saturated carbocycles. The molecule has 0 atom stereocenters. The van der Waals surface area contributed by atoms with Crippen LogP contribution in [0.3, 0.4) is 0 Å². The summed E-state index contributed by atoms with van der Waals surface area (Å²) in [6, 6.07) is -0.490. The summed E-state index contributed by atoms with van der Waals surface area (Å²) in [5, 5.41) is 13.2. The zero-order valence-corrected chi connectivity index (χ0v) is 17.4. The van der Waals surface area contributed by atoms with E-state index in [0.29, 0.717) is 18.8 Å². The molecule has 1 aromatic rings. The quantitative estimate of drug-likeness (QED) is 0.616. The van der Waals surface area contributed by atoms with Crippen molar-refractivity contribution in [2.45, 2.75) is 56.4 Å². The van der Waals surface area contributed by atoms with E-state index in [1.54, 1.807) is 7.05 Å². The first-order valence-electron chi connectivity index (χ1n) is 10.0. The van der Waals surface area contributed by atoms with Gasteiger partial charge in [0.1, 0.15) is 12.1 Å². The highest BCUT2D eigenvalue weighted by Crippen LogP contribution is 2.33. The molecule has 2 saturated heterocycles. The maximum Gasteiger partial charge on any atom is 0.325 e. The van der Waals surface area contributed by atoms with Gasteiger partial charge in [-0.3, -0.25) is 19.8 Å². The largest absolute Gasteiger partial charge is 0.325 e. The monoisotopic (exact) mass is 425 g/mol. The van der Waals surface area contributed by atoms with Gasteiger partial charge in [-0.05, 0) is 38.8 Å². The Labute approximate surface area is 175 Å². The number of nitrogens with one attached hydrogen (secondary N) is 3. The molecule has 3 aliphatic rings. The van der Waals surface area contributed by atoms with Crippen LogP contribution in [0.25, 0.3) is 0 Å². The number of amides is 4. The van der Waals surface area contributed by atoms with Gasteiger partial charge in [-0.15, -0.1) is 12.4 Å². The van der Waals surface area contributed by atoms with Gasteiger partial charge in [-0.2, -0.15) is 10.1 Å². The van der Waals surface area contributed by atoms with E-state index in [2.05, 4.69) is 26.0 Å². The maximum absolute atomic E-state index is 12.8. The molecule has 11 heteroatoms. The molecule has 4 rings (SSSR count). The summed E-state index contributed by atoms with van der Waals surface area (Å²) in [6.45, 7) is 1.54. The van der Waals surface area contributed by atoms with E-state index in [1.807, 2.05) is 0 Å². The van der Waals surface area contributed by atoms with Crippen molar-refractivity contribution >= 4 is 36.2 Å². The number of aryl methyl sites for hydroxylation is 1. The molecule has 3 N–H and O–H groups in total. The Hall–Kier alpha value is -2.20. The van der Waals surface area contributed by atoms with Crippen molar-refractivity contribution in [3.05, 3.63) is 5.82 Å². The number of urea groups is 1. The number of aromatic nitrogens is 3. The summed E-state index contributed by atoms with van der Waals surface area (Å²) in [4.78, 5) is 43.0. The molecule has 0 radical (unpaired) electrons. The standard InChI is InChI=1S/C18H27N7O3.ClH/c1-24-16(21-14(23-24)12-5-9-19-10-6-12)20-13(26)11-25-15(27)18(22-17(25)28)7-3-2-4-8-18;/h12,19H,2-11H2,1H3,(H,22,28)(H,20,21,23,26);1H. The first kappa shape index (κ1) is 21.5. The predicted molar refractivity (Wildman–Crippen MR) is 108 cm³/mol. The summed E-state index contributed by atoms with van der Waals surface area (Å²) < 4.78 is 1.53. The Morgan fingerprint density at radius 3 is 2.59 bits per heavy atom. The van der Waals surface area contributed by atoms with E-state index < -0.39 is 17.5 Å². The third-order valence-corrected chi connectivity index (χ3v) is 5.99. The van der Waals surface area contributed by atoms with Gasteiger partial charge in [-0.25, -0.2) is 9.48 Å². The maximum atomic E-state index is 12.8. The summed E-state index contributed by atoms with van der Waals surface area (Å²) in [6.07, 6.45) is 6.08. The zero-order valence-electron chi connectivity index (χ0n) is 16.6. The fraction of sp³-hybridized carbons (Fsp3) is 0.722. The Bertz CT molecular complexity index is 784. The van der Waals surface area contributed by atoms with E-state index in [9.17, 15) is 14.4 Å². The van der Waals surface area contributed by atoms with Crippen molar-refractivity contribution in [2.24, 2.45) is 7.05 Å². The molecule has 2 aliphatic heterocycles. The Balaban J connectivity index is 0.00000240. The van der Waals surface area contributed by atoms with E-state index in [4.69, 9.17) is 0 Å². The van der Waals surface area contributed by atoms with Crippen LogP contribution in [-0.4, -0.2) is 62.7 Å². The van der Waals surface area contributed by atoms with Crippen molar-refractivity contribution in [2.75, 3.05) is 25.0 Å². The molecule has 160 valence electrons. The average Bonchev–Trinajstić information content (AvgIpc) is 3.16. The van der Waals surface area contributed by atoms with Gasteiger partial charge in [0.05, 0.1) is 0 Å². The van der Waals surface area contributed by atoms with Gasteiger partial charge in [0.15, 0.2) is 5.82 Å². The van der Waals surface area contributed by atoms with Crippen molar-refractivity contribution in [3.63, 3.8) is 0 Å². The summed E-state index contributed by atoms with van der Waals surface area (Å²) in [5.41, 5.74) is -0.817. The van der Waals surface area contributed by atoms with Crippen LogP contribution in [0.1, 0.15) is 56.7 Å². The first-order valence-corrected chi connectivity index (χ1v) is 10.0. The van der Waals surface area contributed by atoms with Gasteiger partial charge >= 0.3 is 6.03 Å². The van der Waals surface area contributed by atoms with Crippen molar-refractivity contribution in [3.8, 4) is 0 Å². The molecule has 3 fully saturated rings. The lowest BCUT2D eigenvalue weighted by Gasteiger charge is -2.30. The molecule has 0 aromatic carbocycles. The molecular weight excluding hydrogens is 398 g/mol. The molecule has 4 amide bonds. The van der Waals surface area contributed by atoms with Gasteiger partial charge < -0.3 is 10.6 Å². The third-order valence-electron chi connectivity index (χ3n) is 5.99. The number of carbonyl (C=O) groups is 3. The molecule has 10 nitrogen and oxygen atoms in total. The third kappa shape index (κ3) is 4.23. The van der Waals surface area contributed by atoms with Crippen LogP contribution in [0.4, 0.5) is 10.7 Å². The minimum absolute atomic E-state index is 0. The minimum atomic E-state index is -0.817. The highest BCUT2D eigenvalue weighted by atomic mass is 35.5. The van der Waals surface area contributed by atoms with E-state index in [0.717, 1.165) is 55.9 Å². The van der Waals surface area contributed by atoms with Crippen LogP contribution >= 0.6 is 12.4 Å². The fourth-order valence-corrected chi connectivity index (χ4v) is 4.39. The number of hydrogen-bond acceptors (Lipinski definition) is 6. The van der Waals surface area contributed by atoms with Crippen LogP contribution in [0.5, 0.6) is 0 Å². The Kier molecular flexibility index (Phi) is 6.42. The van der Waals surface area contributed by atoms with Gasteiger partial charge in [-0.1, -0.05) is 19.3 Å². The number of halogens is 1. The highest BCUT2D eigenvalue weighted by Gasteiger charge is 2.51. The van der Waals surface area contributed by atoms with Gasteiger partial charge in [0.25, 0.3) is 5.91 Å². The molecular formula is C18H28ClN7O3. The molecule has 1 spiro atoms. The number of imide groups is 1. The van der Waals surface area contributed by atoms with Crippen LogP contribution < -0.4 is 16.0 Å². The number of rotatable bonds is 4. The number of nitrogens with zero attached hydrogens (tertiary/aromatic N) is 4. The van der Waals surface area contributed by atoms with Gasteiger partial charge in [0, 0.05) is 13.0 Å². The van der Waals surface area contributed by atoms with Crippen LogP contribution in [0.2, 0.25) is 0 Å². The zero-order chi connectivity index (χ0) is 19.7. The van der Waals surface area contributed by atoms with E-state index >= 15 is 0 Å². The summed E-state index contributed by atoms with van der Waals surface area (Å²) >= 11 is 0. The molecule has 3 heterocycles. The minimum Gasteiger partial charge on any atom is -0.323 e. The first-order chi connectivity index (χ1) is 13.5. The van der Waals surface area contributed by atoms with Crippen LogP contribution in [0, 0.1) is 0 Å². The van der Waals surface area contributed by atoms with E-state index in [1.165, 1.54) is 4.68 Å². The molecule has 0 unspecified atom stereocenters. The smallest absolute Gasteiger partial charge is 0.323 e. The van der Waals surface area contributed by atoms with Gasteiger partial charge in [0.2, 0.25) is 11.9 Å². The Morgan fingerprint density at radius 2 is 1.90 bits per heavy atom. The second-order valence-corrected chi connectivity index (χ2v) is 7.95. The predicted octanol–water partition coefficient (Wildman–Crippen LogP) is 0.897. The van der Waals surface area contributed by atoms with Crippen LogP contribution in [0.15, 0.2) is 0 Å². The normalized spacial score (nSPS) is 21.8. The SMILES string of the molecule is Cl.Cn1nc(C2CCNCC2)nc1NC(=O)CN1C(=O)NC2(CCCCC2)C1=O. The van der Waals surface area contributed by atoms with Crippen molar-refractivity contribution in [1.82, 2.24) is 30.3 Å². The molecule has 0 bridgehead atoms. The number of piperidine rings is 1. The molecule has 29 heavy (non-hydrogen) atoms.